The van der Waals surface area contributed by atoms with E-state index in [2.05, 4.69) is 17.6 Å². The third-order valence-electron chi connectivity index (χ3n) is 4.42. The van der Waals surface area contributed by atoms with Crippen LogP contribution in [-0.4, -0.2) is 16.9 Å². The lowest BCUT2D eigenvalue weighted by Gasteiger charge is -2.27. The number of nitrogens with one attached hydrogen (secondary N) is 2. The van der Waals surface area contributed by atoms with E-state index in [1.165, 1.54) is 6.07 Å². The summed E-state index contributed by atoms with van der Waals surface area (Å²) < 4.78 is 0. The van der Waals surface area contributed by atoms with Crippen LogP contribution in [0.2, 0.25) is 0 Å². The number of nitro groups is 1. The van der Waals surface area contributed by atoms with Gasteiger partial charge in [0.05, 0.1) is 11.3 Å². The number of carbonyl (C=O) groups is 1. The topological polar surface area (TPSA) is 84.3 Å². The van der Waals surface area contributed by atoms with Crippen LogP contribution in [-0.2, 0) is 11.2 Å². The van der Waals surface area contributed by atoms with Gasteiger partial charge in [0.15, 0.2) is 0 Å². The predicted octanol–water partition coefficient (Wildman–Crippen LogP) is 3.08. The van der Waals surface area contributed by atoms with Crippen molar-refractivity contribution in [3.8, 4) is 0 Å². The summed E-state index contributed by atoms with van der Waals surface area (Å²) in [7, 11) is 0. The van der Waals surface area contributed by atoms with Crippen molar-refractivity contribution >= 4 is 23.0 Å². The van der Waals surface area contributed by atoms with Gasteiger partial charge in [0.1, 0.15) is 5.69 Å². The SMILES string of the molecule is CC1CCC(Nc2cc3c(cc2[N+](=O)[O-])CC(=O)N3)CC1. The lowest BCUT2D eigenvalue weighted by molar-refractivity contribution is -0.384. The molecule has 2 N–H and O–H groups in total. The summed E-state index contributed by atoms with van der Waals surface area (Å²) in [6.07, 6.45) is 4.57. The smallest absolute Gasteiger partial charge is 0.292 e. The molecular weight excluding hydrogens is 270 g/mol. The Morgan fingerprint density at radius 1 is 1.29 bits per heavy atom. The minimum Gasteiger partial charge on any atom is -0.377 e. The molecule has 6 heteroatoms. The number of fused-ring (bicyclic) bond motifs is 1. The maximum Gasteiger partial charge on any atom is 0.292 e. The number of hydrogen-bond donors (Lipinski definition) is 2. The van der Waals surface area contributed by atoms with Crippen LogP contribution in [0.3, 0.4) is 0 Å². The van der Waals surface area contributed by atoms with Crippen LogP contribution in [0, 0.1) is 16.0 Å². The van der Waals surface area contributed by atoms with Gasteiger partial charge in [-0.2, -0.15) is 0 Å². The van der Waals surface area contributed by atoms with Crippen LogP contribution in [0.25, 0.3) is 0 Å². The van der Waals surface area contributed by atoms with E-state index in [0.29, 0.717) is 16.9 Å². The molecule has 0 spiro atoms. The number of anilines is 2. The Kier molecular flexibility index (Phi) is 3.53. The second-order valence-corrected chi connectivity index (χ2v) is 6.11. The van der Waals surface area contributed by atoms with Gasteiger partial charge in [-0.3, -0.25) is 14.9 Å². The second kappa shape index (κ2) is 5.35. The molecule has 1 aromatic rings. The van der Waals surface area contributed by atoms with Crippen LogP contribution in [0.4, 0.5) is 17.1 Å². The Hall–Kier alpha value is -2.11. The van der Waals surface area contributed by atoms with Gasteiger partial charge in [0.2, 0.25) is 5.91 Å². The van der Waals surface area contributed by atoms with Crippen LogP contribution in [0.1, 0.15) is 38.2 Å². The number of hydrogen-bond acceptors (Lipinski definition) is 4. The van der Waals surface area contributed by atoms with Crippen LogP contribution in [0.5, 0.6) is 0 Å². The molecule has 0 radical (unpaired) electrons. The first-order chi connectivity index (χ1) is 10.0. The van der Waals surface area contributed by atoms with Crippen LogP contribution >= 0.6 is 0 Å². The van der Waals surface area contributed by atoms with Gasteiger partial charge in [0.25, 0.3) is 5.69 Å². The zero-order valence-corrected chi connectivity index (χ0v) is 12.0. The minimum atomic E-state index is -0.378. The minimum absolute atomic E-state index is 0.0591. The second-order valence-electron chi connectivity index (χ2n) is 6.11. The zero-order chi connectivity index (χ0) is 15.0. The summed E-state index contributed by atoms with van der Waals surface area (Å²) in [5.74, 6) is 0.625. The maximum atomic E-state index is 11.4. The third-order valence-corrected chi connectivity index (χ3v) is 4.42. The number of amides is 1. The van der Waals surface area contributed by atoms with E-state index >= 15 is 0 Å². The molecule has 2 aliphatic rings. The molecule has 1 aliphatic carbocycles. The Morgan fingerprint density at radius 3 is 2.67 bits per heavy atom. The monoisotopic (exact) mass is 289 g/mol. The molecule has 0 unspecified atom stereocenters. The third kappa shape index (κ3) is 2.84. The van der Waals surface area contributed by atoms with Gasteiger partial charge in [-0.15, -0.1) is 0 Å². The van der Waals surface area contributed by atoms with Gasteiger partial charge in [-0.05, 0) is 43.2 Å². The van der Waals surface area contributed by atoms with E-state index in [1.54, 1.807) is 6.07 Å². The Labute approximate surface area is 123 Å². The molecule has 21 heavy (non-hydrogen) atoms. The molecule has 3 rings (SSSR count). The highest BCUT2D eigenvalue weighted by Crippen LogP contribution is 2.36. The van der Waals surface area contributed by atoms with E-state index in [9.17, 15) is 14.9 Å². The van der Waals surface area contributed by atoms with Gasteiger partial charge in [-0.25, -0.2) is 0 Å². The highest BCUT2D eigenvalue weighted by molar-refractivity contribution is 6.00. The fourth-order valence-corrected chi connectivity index (χ4v) is 3.15. The first-order valence-corrected chi connectivity index (χ1v) is 7.40. The van der Waals surface area contributed by atoms with Crippen LogP contribution in [0.15, 0.2) is 12.1 Å². The molecule has 1 heterocycles. The summed E-state index contributed by atoms with van der Waals surface area (Å²) in [6.45, 7) is 2.24. The predicted molar refractivity (Wildman–Crippen MR) is 80.5 cm³/mol. The Morgan fingerprint density at radius 2 is 2.00 bits per heavy atom. The van der Waals surface area contributed by atoms with Gasteiger partial charge in [-0.1, -0.05) is 6.92 Å². The van der Waals surface area contributed by atoms with Gasteiger partial charge < -0.3 is 10.6 Å². The Balaban J connectivity index is 1.85. The highest BCUT2D eigenvalue weighted by Gasteiger charge is 2.26. The van der Waals surface area contributed by atoms with E-state index in [1.807, 2.05) is 0 Å². The fraction of sp³-hybridized carbons (Fsp3) is 0.533. The molecule has 1 amide bonds. The number of nitrogens with zero attached hydrogens (tertiary/aromatic N) is 1. The molecule has 0 aromatic heterocycles. The molecule has 112 valence electrons. The summed E-state index contributed by atoms with van der Waals surface area (Å²) in [4.78, 5) is 22.3. The van der Waals surface area contributed by atoms with Gasteiger partial charge in [0, 0.05) is 17.8 Å². The van der Waals surface area contributed by atoms with Gasteiger partial charge >= 0.3 is 0 Å². The summed E-state index contributed by atoms with van der Waals surface area (Å²) >= 11 is 0. The quantitative estimate of drug-likeness (QED) is 0.661. The molecular formula is C15H19N3O3. The molecule has 0 atom stereocenters. The van der Waals surface area contributed by atoms with Crippen molar-refractivity contribution < 1.29 is 9.72 Å². The zero-order valence-electron chi connectivity index (χ0n) is 12.0. The van der Waals surface area contributed by atoms with E-state index in [0.717, 1.165) is 31.6 Å². The summed E-state index contributed by atoms with van der Waals surface area (Å²) in [5.41, 5.74) is 1.97. The molecule has 1 aliphatic heterocycles. The van der Waals surface area contributed by atoms with E-state index in [4.69, 9.17) is 0 Å². The summed E-state index contributed by atoms with van der Waals surface area (Å²) in [6, 6.07) is 3.49. The largest absolute Gasteiger partial charge is 0.377 e. The molecule has 1 saturated carbocycles. The van der Waals surface area contributed by atoms with Crippen molar-refractivity contribution in [3.05, 3.63) is 27.8 Å². The molecule has 6 nitrogen and oxygen atoms in total. The summed E-state index contributed by atoms with van der Waals surface area (Å²) in [5, 5.41) is 17.3. The normalized spacial score (nSPS) is 24.3. The van der Waals surface area contributed by atoms with E-state index in [-0.39, 0.29) is 29.0 Å². The first-order valence-electron chi connectivity index (χ1n) is 7.40. The standard InChI is InChI=1S/C15H19N3O3/c1-9-2-4-11(5-3-9)16-13-8-12-10(7-15(19)17-12)6-14(13)18(20)21/h6,8-9,11,16H,2-5,7H2,1H3,(H,17,19). The average molecular weight is 289 g/mol. The van der Waals surface area contributed by atoms with Crippen LogP contribution < -0.4 is 10.6 Å². The first kappa shape index (κ1) is 13.9. The maximum absolute atomic E-state index is 11.4. The number of nitro benzene ring substituents is 1. The molecule has 1 fully saturated rings. The van der Waals surface area contributed by atoms with Crippen molar-refractivity contribution in [2.24, 2.45) is 5.92 Å². The van der Waals surface area contributed by atoms with E-state index < -0.39 is 0 Å². The number of carbonyl (C=O) groups excluding carboxylic acids is 1. The van der Waals surface area contributed by atoms with Crippen molar-refractivity contribution in [2.75, 3.05) is 10.6 Å². The number of benzene rings is 1. The Bertz CT molecular complexity index is 592. The van der Waals surface area contributed by atoms with Crippen molar-refractivity contribution in [1.29, 1.82) is 0 Å². The van der Waals surface area contributed by atoms with Crippen molar-refractivity contribution in [3.63, 3.8) is 0 Å². The van der Waals surface area contributed by atoms with Crippen molar-refractivity contribution in [2.45, 2.75) is 45.1 Å². The lowest BCUT2D eigenvalue weighted by atomic mass is 9.87. The molecule has 1 aromatic carbocycles. The lowest BCUT2D eigenvalue weighted by Crippen LogP contribution is -2.25. The molecule has 0 saturated heterocycles. The number of rotatable bonds is 3. The molecule has 0 bridgehead atoms. The highest BCUT2D eigenvalue weighted by atomic mass is 16.6. The van der Waals surface area contributed by atoms with Crippen molar-refractivity contribution in [1.82, 2.24) is 0 Å². The fourth-order valence-electron chi connectivity index (χ4n) is 3.15. The average Bonchev–Trinajstić information content (AvgIpc) is 2.79.